The summed E-state index contributed by atoms with van der Waals surface area (Å²) < 4.78 is 26.5. The van der Waals surface area contributed by atoms with Crippen LogP contribution in [0.2, 0.25) is 0 Å². The molecule has 0 radical (unpaired) electrons. The molecule has 1 aromatic heterocycles. The monoisotopic (exact) mass is 508 g/mol. The van der Waals surface area contributed by atoms with Crippen LogP contribution in [-0.4, -0.2) is 52.8 Å². The van der Waals surface area contributed by atoms with E-state index in [4.69, 9.17) is 0 Å². The van der Waals surface area contributed by atoms with E-state index < -0.39 is 10.0 Å². The van der Waals surface area contributed by atoms with Gasteiger partial charge in [0.1, 0.15) is 11.4 Å². The van der Waals surface area contributed by atoms with Gasteiger partial charge in [0.05, 0.1) is 6.26 Å². The fourth-order valence-electron chi connectivity index (χ4n) is 4.95. The van der Waals surface area contributed by atoms with Gasteiger partial charge in [-0.25, -0.2) is 17.4 Å². The minimum Gasteiger partial charge on any atom is -0.411 e. The van der Waals surface area contributed by atoms with Crippen LogP contribution in [-0.2, 0) is 17.1 Å². The van der Waals surface area contributed by atoms with Gasteiger partial charge in [-0.3, -0.25) is 4.79 Å². The number of sulfonamides is 1. The van der Waals surface area contributed by atoms with E-state index in [0.29, 0.717) is 36.8 Å². The SMILES string of the molecule is Cc1ccccc1[C@H](C/C(=N\O)c1ccc(=O)n(C)n1)c1ccc(C2CCN(S(C)(=O)=O)CC2)cc1. The minimum atomic E-state index is -3.15. The summed E-state index contributed by atoms with van der Waals surface area (Å²) in [4.78, 5) is 11.8. The molecule has 0 amide bonds. The lowest BCUT2D eigenvalue weighted by Gasteiger charge is -2.30. The van der Waals surface area contributed by atoms with Gasteiger partial charge in [-0.1, -0.05) is 53.7 Å². The van der Waals surface area contributed by atoms with E-state index in [1.54, 1.807) is 17.4 Å². The third kappa shape index (κ3) is 5.74. The number of nitrogens with zero attached hydrogens (tertiary/aromatic N) is 4. The van der Waals surface area contributed by atoms with Crippen LogP contribution < -0.4 is 5.56 Å². The molecule has 36 heavy (non-hydrogen) atoms. The van der Waals surface area contributed by atoms with Crippen LogP contribution in [0.4, 0.5) is 0 Å². The molecule has 4 rings (SSSR count). The molecule has 0 bridgehead atoms. The second-order valence-electron chi connectivity index (χ2n) is 9.44. The number of aromatic nitrogens is 2. The van der Waals surface area contributed by atoms with Gasteiger partial charge < -0.3 is 5.21 Å². The maximum Gasteiger partial charge on any atom is 0.266 e. The molecule has 0 aliphatic carbocycles. The lowest BCUT2D eigenvalue weighted by molar-refractivity contribution is 0.317. The summed E-state index contributed by atoms with van der Waals surface area (Å²) in [6.07, 6.45) is 3.27. The summed E-state index contributed by atoms with van der Waals surface area (Å²) in [6.45, 7) is 3.15. The second-order valence-corrected chi connectivity index (χ2v) is 11.4. The molecule has 1 aliphatic heterocycles. The molecule has 0 saturated carbocycles. The third-order valence-electron chi connectivity index (χ3n) is 7.07. The average molecular weight is 509 g/mol. The van der Waals surface area contributed by atoms with Gasteiger partial charge in [0.25, 0.3) is 5.56 Å². The highest BCUT2D eigenvalue weighted by Crippen LogP contribution is 2.34. The second kappa shape index (κ2) is 10.8. The first-order chi connectivity index (χ1) is 17.2. The Balaban J connectivity index is 1.62. The van der Waals surface area contributed by atoms with Crippen molar-refractivity contribution in [3.63, 3.8) is 0 Å². The van der Waals surface area contributed by atoms with Gasteiger partial charge in [0.15, 0.2) is 0 Å². The van der Waals surface area contributed by atoms with Crippen LogP contribution in [0.15, 0.2) is 70.6 Å². The maximum absolute atomic E-state index is 11.8. The van der Waals surface area contributed by atoms with Crippen molar-refractivity contribution in [2.45, 2.75) is 38.0 Å². The Labute approximate surface area is 211 Å². The first-order valence-corrected chi connectivity index (χ1v) is 13.9. The summed E-state index contributed by atoms with van der Waals surface area (Å²) in [6, 6.07) is 19.6. The van der Waals surface area contributed by atoms with Crippen molar-refractivity contribution >= 4 is 15.7 Å². The molecule has 190 valence electrons. The molecule has 8 nitrogen and oxygen atoms in total. The molecule has 3 aromatic rings. The zero-order valence-corrected chi connectivity index (χ0v) is 21.6. The highest BCUT2D eigenvalue weighted by atomic mass is 32.2. The zero-order valence-electron chi connectivity index (χ0n) is 20.8. The lowest BCUT2D eigenvalue weighted by atomic mass is 9.82. The van der Waals surface area contributed by atoms with Crippen LogP contribution >= 0.6 is 0 Å². The number of hydrogen-bond acceptors (Lipinski definition) is 6. The summed E-state index contributed by atoms with van der Waals surface area (Å²) in [5.74, 6) is 0.232. The van der Waals surface area contributed by atoms with Crippen molar-refractivity contribution in [1.29, 1.82) is 0 Å². The number of piperidine rings is 1. The van der Waals surface area contributed by atoms with Crippen LogP contribution in [0.1, 0.15) is 59.0 Å². The van der Waals surface area contributed by atoms with E-state index in [1.165, 1.54) is 22.6 Å². The van der Waals surface area contributed by atoms with Gasteiger partial charge in [-0.15, -0.1) is 0 Å². The molecule has 1 N–H and O–H groups in total. The maximum atomic E-state index is 11.8. The molecule has 9 heteroatoms. The molecule has 1 saturated heterocycles. The van der Waals surface area contributed by atoms with Crippen molar-refractivity contribution in [1.82, 2.24) is 14.1 Å². The van der Waals surface area contributed by atoms with E-state index in [9.17, 15) is 18.4 Å². The predicted octanol–water partition coefficient (Wildman–Crippen LogP) is 3.63. The zero-order chi connectivity index (χ0) is 25.9. The Morgan fingerprint density at radius 3 is 2.33 bits per heavy atom. The van der Waals surface area contributed by atoms with Crippen molar-refractivity contribution in [2.75, 3.05) is 19.3 Å². The van der Waals surface area contributed by atoms with E-state index in [0.717, 1.165) is 29.5 Å². The normalized spacial score (nSPS) is 16.7. The minimum absolute atomic E-state index is 0.0859. The first-order valence-electron chi connectivity index (χ1n) is 12.0. The number of aryl methyl sites for hydroxylation is 2. The number of oxime groups is 1. The third-order valence-corrected chi connectivity index (χ3v) is 8.37. The molecular formula is C27H32N4O4S. The molecule has 0 spiro atoms. The van der Waals surface area contributed by atoms with Crippen LogP contribution in [0.25, 0.3) is 0 Å². The van der Waals surface area contributed by atoms with Gasteiger partial charge in [-0.2, -0.15) is 5.10 Å². The van der Waals surface area contributed by atoms with E-state index >= 15 is 0 Å². The Kier molecular flexibility index (Phi) is 7.70. The van der Waals surface area contributed by atoms with Gasteiger partial charge in [0.2, 0.25) is 10.0 Å². The molecule has 1 fully saturated rings. The Morgan fingerprint density at radius 1 is 1.08 bits per heavy atom. The highest BCUT2D eigenvalue weighted by molar-refractivity contribution is 7.88. The van der Waals surface area contributed by atoms with Gasteiger partial charge >= 0.3 is 0 Å². The summed E-state index contributed by atoms with van der Waals surface area (Å²) in [5, 5.41) is 17.7. The Bertz CT molecular complexity index is 1410. The largest absolute Gasteiger partial charge is 0.411 e. The fourth-order valence-corrected chi connectivity index (χ4v) is 5.83. The summed E-state index contributed by atoms with van der Waals surface area (Å²) in [7, 11) is -1.58. The molecular weight excluding hydrogens is 476 g/mol. The fraction of sp³-hybridized carbons (Fsp3) is 0.370. The molecule has 2 heterocycles. The molecule has 2 aromatic carbocycles. The molecule has 1 aliphatic rings. The van der Waals surface area contributed by atoms with Gasteiger partial charge in [0, 0.05) is 38.5 Å². The molecule has 1 atom stereocenters. The van der Waals surface area contributed by atoms with Crippen molar-refractivity contribution < 1.29 is 13.6 Å². The van der Waals surface area contributed by atoms with E-state index in [-0.39, 0.29) is 11.5 Å². The number of hydrogen-bond donors (Lipinski definition) is 1. The quantitative estimate of drug-likeness (QED) is 0.298. The Morgan fingerprint density at radius 2 is 1.75 bits per heavy atom. The van der Waals surface area contributed by atoms with Crippen LogP contribution in [0, 0.1) is 6.92 Å². The topological polar surface area (TPSA) is 105 Å². The van der Waals surface area contributed by atoms with Crippen molar-refractivity contribution in [3.05, 3.63) is 99.0 Å². The summed E-state index contributed by atoms with van der Waals surface area (Å²) in [5.41, 5.74) is 5.15. The average Bonchev–Trinajstić information content (AvgIpc) is 2.87. The van der Waals surface area contributed by atoms with Crippen molar-refractivity contribution in [2.24, 2.45) is 12.2 Å². The number of rotatable bonds is 7. The van der Waals surface area contributed by atoms with Crippen molar-refractivity contribution in [3.8, 4) is 0 Å². The molecule has 0 unspecified atom stereocenters. The van der Waals surface area contributed by atoms with E-state index in [1.807, 2.05) is 12.1 Å². The van der Waals surface area contributed by atoms with Crippen LogP contribution in [0.3, 0.4) is 0 Å². The predicted molar refractivity (Wildman–Crippen MR) is 140 cm³/mol. The lowest BCUT2D eigenvalue weighted by Crippen LogP contribution is -2.37. The standard InChI is InChI=1S/C27H32N4O4S/c1-19-6-4-5-7-23(19)24(18-26(29-33)25-12-13-27(32)30(2)28-25)22-10-8-20(9-11-22)21-14-16-31(17-15-21)36(3,34)35/h4-13,21,24,33H,14-18H2,1-3H3/b29-26+/t24-/m1/s1. The number of benzene rings is 2. The van der Waals surface area contributed by atoms with E-state index in [2.05, 4.69) is 53.6 Å². The summed E-state index contributed by atoms with van der Waals surface area (Å²) >= 11 is 0. The smallest absolute Gasteiger partial charge is 0.266 e. The van der Waals surface area contributed by atoms with Crippen LogP contribution in [0.5, 0.6) is 0 Å². The highest BCUT2D eigenvalue weighted by Gasteiger charge is 2.26. The van der Waals surface area contributed by atoms with Gasteiger partial charge in [-0.05, 0) is 54.0 Å². The Hall–Kier alpha value is -3.30. The first kappa shape index (κ1) is 25.8.